The van der Waals surface area contributed by atoms with Gasteiger partial charge in [0, 0.05) is 6.08 Å². The zero-order valence-corrected chi connectivity index (χ0v) is 7.51. The molecule has 15 heavy (non-hydrogen) atoms. The number of carboxylic acid groups (broad SMARTS) is 2. The van der Waals surface area contributed by atoms with Crippen LogP contribution in [0.1, 0.15) is 0 Å². The molecule has 0 spiro atoms. The second kappa shape index (κ2) is 4.80. The summed E-state index contributed by atoms with van der Waals surface area (Å²) in [7, 11) is 0. The highest BCUT2D eigenvalue weighted by molar-refractivity contribution is 5.91. The van der Waals surface area contributed by atoms with Gasteiger partial charge in [-0.15, -0.1) is 0 Å². The van der Waals surface area contributed by atoms with Gasteiger partial charge in [0.1, 0.15) is 11.7 Å². The molecule has 1 rings (SSSR count). The van der Waals surface area contributed by atoms with E-state index in [1.807, 2.05) is 0 Å². The standard InChI is InChI=1S/C10H8O5/c11-9(12)6-8(10(13)14)15-7-4-2-1-3-5-7/h1-6H,(H,11,12)(H,13,14)/p-2/b8-6-. The lowest BCUT2D eigenvalue weighted by Crippen LogP contribution is -2.30. The summed E-state index contributed by atoms with van der Waals surface area (Å²) in [6, 6.07) is 7.88. The SMILES string of the molecule is O=C([O-])/C=C(\Oc1ccccc1)C(=O)[O-]. The van der Waals surface area contributed by atoms with Crippen molar-refractivity contribution >= 4 is 11.9 Å². The molecule has 5 heteroatoms. The minimum absolute atomic E-state index is 0.203. The molecule has 0 amide bonds. The molecule has 78 valence electrons. The molecule has 0 fully saturated rings. The van der Waals surface area contributed by atoms with Gasteiger partial charge in [0.2, 0.25) is 0 Å². The van der Waals surface area contributed by atoms with E-state index in [1.165, 1.54) is 12.1 Å². The summed E-state index contributed by atoms with van der Waals surface area (Å²) in [4.78, 5) is 20.6. The molecule has 0 aliphatic carbocycles. The van der Waals surface area contributed by atoms with Crippen LogP contribution in [0, 0.1) is 0 Å². The Kier molecular flexibility index (Phi) is 3.45. The molecule has 0 radical (unpaired) electrons. The average Bonchev–Trinajstić information content (AvgIpc) is 2.17. The van der Waals surface area contributed by atoms with E-state index in [0.29, 0.717) is 6.08 Å². The molecule has 1 aromatic carbocycles. The molecule has 0 bridgehead atoms. The first-order valence-corrected chi connectivity index (χ1v) is 3.96. The summed E-state index contributed by atoms with van der Waals surface area (Å²) in [5, 5.41) is 20.6. The number of hydrogen-bond acceptors (Lipinski definition) is 5. The molecule has 1 aromatic rings. The number of benzene rings is 1. The highest BCUT2D eigenvalue weighted by Gasteiger charge is 2.01. The van der Waals surface area contributed by atoms with Crippen LogP contribution < -0.4 is 14.9 Å². The molecule has 0 N–H and O–H groups in total. The Labute approximate surface area is 85.2 Å². The molecular formula is C10H6O5-2. The third-order valence-corrected chi connectivity index (χ3v) is 1.42. The monoisotopic (exact) mass is 206 g/mol. The highest BCUT2D eigenvalue weighted by Crippen LogP contribution is 2.12. The van der Waals surface area contributed by atoms with E-state index in [9.17, 15) is 19.8 Å². The minimum Gasteiger partial charge on any atom is -0.545 e. The summed E-state index contributed by atoms with van der Waals surface area (Å²) in [6.07, 6.45) is 0.322. The predicted molar refractivity (Wildman–Crippen MR) is 45.2 cm³/mol. The number of carboxylic acids is 2. The third-order valence-electron chi connectivity index (χ3n) is 1.42. The maximum Gasteiger partial charge on any atom is 0.151 e. The largest absolute Gasteiger partial charge is 0.545 e. The fourth-order valence-electron chi connectivity index (χ4n) is 0.853. The first kappa shape index (κ1) is 10.8. The van der Waals surface area contributed by atoms with Gasteiger partial charge in [-0.25, -0.2) is 0 Å². The summed E-state index contributed by atoms with van der Waals surface area (Å²) in [6.45, 7) is 0. The minimum atomic E-state index is -1.72. The second-order valence-corrected chi connectivity index (χ2v) is 2.53. The fourth-order valence-corrected chi connectivity index (χ4v) is 0.853. The normalized spacial score (nSPS) is 10.8. The lowest BCUT2D eigenvalue weighted by atomic mass is 10.3. The molecule has 0 aromatic heterocycles. The van der Waals surface area contributed by atoms with Crippen LogP contribution in [0.2, 0.25) is 0 Å². The summed E-state index contributed by atoms with van der Waals surface area (Å²) >= 11 is 0. The lowest BCUT2D eigenvalue weighted by Gasteiger charge is -2.10. The summed E-state index contributed by atoms with van der Waals surface area (Å²) < 4.78 is 4.76. The van der Waals surface area contributed by atoms with Gasteiger partial charge >= 0.3 is 0 Å². The van der Waals surface area contributed by atoms with E-state index in [4.69, 9.17) is 4.74 Å². The summed E-state index contributed by atoms with van der Waals surface area (Å²) in [5.41, 5.74) is 0. The number of carbonyl (C=O) groups is 2. The summed E-state index contributed by atoms with van der Waals surface area (Å²) in [5.74, 6) is -3.98. The number of ether oxygens (including phenoxy) is 1. The van der Waals surface area contributed by atoms with Crippen LogP contribution in [0.3, 0.4) is 0 Å². The zero-order chi connectivity index (χ0) is 11.3. The van der Waals surface area contributed by atoms with Gasteiger partial charge < -0.3 is 24.5 Å². The van der Waals surface area contributed by atoms with Gasteiger partial charge in [0.05, 0.1) is 5.97 Å². The van der Waals surface area contributed by atoms with E-state index in [-0.39, 0.29) is 5.75 Å². The van der Waals surface area contributed by atoms with Crippen molar-refractivity contribution in [2.45, 2.75) is 0 Å². The van der Waals surface area contributed by atoms with Crippen LogP contribution >= 0.6 is 0 Å². The Morgan fingerprint density at radius 2 is 1.73 bits per heavy atom. The van der Waals surface area contributed by atoms with Crippen LogP contribution in [0.4, 0.5) is 0 Å². The third kappa shape index (κ3) is 3.51. The number of rotatable bonds is 4. The Morgan fingerprint density at radius 1 is 1.13 bits per heavy atom. The Balaban J connectivity index is 2.86. The second-order valence-electron chi connectivity index (χ2n) is 2.53. The average molecular weight is 206 g/mol. The fraction of sp³-hybridized carbons (Fsp3) is 0. The van der Waals surface area contributed by atoms with Crippen LogP contribution in [0.25, 0.3) is 0 Å². The van der Waals surface area contributed by atoms with Crippen LogP contribution in [0.5, 0.6) is 5.75 Å². The molecular weight excluding hydrogens is 200 g/mol. The Hall–Kier alpha value is -2.30. The number of para-hydroxylation sites is 1. The number of aliphatic carboxylic acids is 2. The van der Waals surface area contributed by atoms with E-state index < -0.39 is 17.7 Å². The molecule has 5 nitrogen and oxygen atoms in total. The van der Waals surface area contributed by atoms with Gasteiger partial charge in [0.25, 0.3) is 0 Å². The van der Waals surface area contributed by atoms with Crippen molar-refractivity contribution in [2.24, 2.45) is 0 Å². The maximum absolute atomic E-state index is 10.4. The van der Waals surface area contributed by atoms with Crippen LogP contribution in [0.15, 0.2) is 42.2 Å². The molecule has 0 aliphatic rings. The molecule has 0 saturated carbocycles. The number of hydrogen-bond donors (Lipinski definition) is 0. The van der Waals surface area contributed by atoms with Crippen molar-refractivity contribution in [2.75, 3.05) is 0 Å². The van der Waals surface area contributed by atoms with Crippen molar-refractivity contribution in [3.8, 4) is 5.75 Å². The first-order chi connectivity index (χ1) is 7.09. The number of carbonyl (C=O) groups excluding carboxylic acids is 2. The van der Waals surface area contributed by atoms with Crippen LogP contribution in [-0.2, 0) is 9.59 Å². The first-order valence-electron chi connectivity index (χ1n) is 3.96. The van der Waals surface area contributed by atoms with E-state index in [2.05, 4.69) is 0 Å². The van der Waals surface area contributed by atoms with Crippen molar-refractivity contribution in [3.05, 3.63) is 42.2 Å². The molecule has 0 saturated heterocycles. The topological polar surface area (TPSA) is 89.5 Å². The van der Waals surface area contributed by atoms with Gasteiger partial charge in [-0.05, 0) is 12.1 Å². The van der Waals surface area contributed by atoms with Gasteiger partial charge in [-0.3, -0.25) is 0 Å². The molecule has 0 aliphatic heterocycles. The smallest absolute Gasteiger partial charge is 0.151 e. The quantitative estimate of drug-likeness (QED) is 0.439. The zero-order valence-electron chi connectivity index (χ0n) is 7.51. The van der Waals surface area contributed by atoms with Gasteiger partial charge in [-0.1, -0.05) is 18.2 Å². The van der Waals surface area contributed by atoms with Crippen molar-refractivity contribution in [1.82, 2.24) is 0 Å². The molecule has 0 unspecified atom stereocenters. The maximum atomic E-state index is 10.4. The molecule has 0 heterocycles. The van der Waals surface area contributed by atoms with Crippen LogP contribution in [-0.4, -0.2) is 11.9 Å². The van der Waals surface area contributed by atoms with E-state index in [1.54, 1.807) is 18.2 Å². The Morgan fingerprint density at radius 3 is 2.20 bits per heavy atom. The van der Waals surface area contributed by atoms with Gasteiger partial charge in [-0.2, -0.15) is 0 Å². The van der Waals surface area contributed by atoms with E-state index >= 15 is 0 Å². The highest BCUT2D eigenvalue weighted by atomic mass is 16.5. The Bertz CT molecular complexity index is 394. The lowest BCUT2D eigenvalue weighted by molar-refractivity contribution is -0.305. The van der Waals surface area contributed by atoms with Crippen molar-refractivity contribution in [3.63, 3.8) is 0 Å². The van der Waals surface area contributed by atoms with E-state index in [0.717, 1.165) is 0 Å². The van der Waals surface area contributed by atoms with Crippen molar-refractivity contribution in [1.29, 1.82) is 0 Å². The predicted octanol–water partition coefficient (Wildman–Crippen LogP) is -1.55. The molecule has 0 atom stereocenters. The van der Waals surface area contributed by atoms with Gasteiger partial charge in [0.15, 0.2) is 5.76 Å². The van der Waals surface area contributed by atoms with Crippen molar-refractivity contribution < 1.29 is 24.5 Å².